The molecule has 9 heteroatoms. The number of piperazine rings is 1. The first-order valence-corrected chi connectivity index (χ1v) is 11.4. The third-order valence-corrected chi connectivity index (χ3v) is 6.09. The minimum absolute atomic E-state index is 0.111. The number of halogens is 3. The lowest BCUT2D eigenvalue weighted by molar-refractivity contribution is -0.138. The fourth-order valence-corrected chi connectivity index (χ4v) is 4.06. The molecule has 1 N–H and O–H groups in total. The predicted octanol–water partition coefficient (Wildman–Crippen LogP) is 4.86. The molecule has 1 aliphatic heterocycles. The average molecular weight is 496 g/mol. The van der Waals surface area contributed by atoms with Crippen LogP contribution in [0.3, 0.4) is 0 Å². The molecule has 3 aromatic rings. The summed E-state index contributed by atoms with van der Waals surface area (Å²) in [5.41, 5.74) is 0.773. The van der Waals surface area contributed by atoms with E-state index >= 15 is 0 Å². The van der Waals surface area contributed by atoms with Gasteiger partial charge in [-0.2, -0.15) is 13.2 Å². The smallest absolute Gasteiger partial charge is 0.335 e. The monoisotopic (exact) mass is 495 g/mol. The SMILES string of the molecule is Cc1ccc(C(=O)N2CCN(C(=O)c3ccccc3C(F)(F)F)CC2)cc1NC(=O)c1ccccc1. The van der Waals surface area contributed by atoms with E-state index in [0.717, 1.165) is 11.6 Å². The number of carbonyl (C=O) groups is 3. The number of nitrogens with zero attached hydrogens (tertiary/aromatic N) is 2. The third-order valence-electron chi connectivity index (χ3n) is 6.09. The van der Waals surface area contributed by atoms with Crippen molar-refractivity contribution in [1.29, 1.82) is 0 Å². The fraction of sp³-hybridized carbons (Fsp3) is 0.222. The second-order valence-electron chi connectivity index (χ2n) is 8.48. The summed E-state index contributed by atoms with van der Waals surface area (Å²) in [5, 5.41) is 2.83. The molecule has 0 bridgehead atoms. The summed E-state index contributed by atoms with van der Waals surface area (Å²) >= 11 is 0. The summed E-state index contributed by atoms with van der Waals surface area (Å²) in [7, 11) is 0. The molecule has 0 saturated carbocycles. The number of hydrogen-bond donors (Lipinski definition) is 1. The first kappa shape index (κ1) is 25.0. The van der Waals surface area contributed by atoms with Gasteiger partial charge in [-0.25, -0.2) is 0 Å². The molecule has 1 fully saturated rings. The van der Waals surface area contributed by atoms with Gasteiger partial charge in [-0.3, -0.25) is 14.4 Å². The van der Waals surface area contributed by atoms with Crippen molar-refractivity contribution in [3.8, 4) is 0 Å². The molecule has 0 aliphatic carbocycles. The minimum Gasteiger partial charge on any atom is -0.335 e. The van der Waals surface area contributed by atoms with Gasteiger partial charge < -0.3 is 15.1 Å². The molecule has 0 spiro atoms. The van der Waals surface area contributed by atoms with E-state index in [1.165, 1.54) is 23.1 Å². The Morgan fingerprint density at radius 2 is 1.33 bits per heavy atom. The molecule has 0 unspecified atom stereocenters. The van der Waals surface area contributed by atoms with Gasteiger partial charge in [-0.05, 0) is 48.9 Å². The Morgan fingerprint density at radius 3 is 1.97 bits per heavy atom. The highest BCUT2D eigenvalue weighted by molar-refractivity contribution is 6.05. The summed E-state index contributed by atoms with van der Waals surface area (Å²) in [6.07, 6.45) is -4.64. The highest BCUT2D eigenvalue weighted by Gasteiger charge is 2.36. The van der Waals surface area contributed by atoms with Crippen molar-refractivity contribution in [2.75, 3.05) is 31.5 Å². The van der Waals surface area contributed by atoms with E-state index in [4.69, 9.17) is 0 Å². The Kier molecular flexibility index (Phi) is 7.10. The Morgan fingerprint density at radius 1 is 0.750 bits per heavy atom. The fourth-order valence-electron chi connectivity index (χ4n) is 4.06. The highest BCUT2D eigenvalue weighted by atomic mass is 19.4. The van der Waals surface area contributed by atoms with Gasteiger partial charge in [0.2, 0.25) is 0 Å². The lowest BCUT2D eigenvalue weighted by atomic mass is 10.0. The number of anilines is 1. The standard InChI is InChI=1S/C27H24F3N3O3/c1-18-11-12-20(17-23(18)31-24(34)19-7-3-2-4-8-19)25(35)32-13-15-33(16-14-32)26(36)21-9-5-6-10-22(21)27(28,29)30/h2-12,17H,13-16H2,1H3,(H,31,34). The quantitative estimate of drug-likeness (QED) is 0.562. The van der Waals surface area contributed by atoms with Gasteiger partial charge in [0.05, 0.1) is 11.1 Å². The molecule has 3 aromatic carbocycles. The van der Waals surface area contributed by atoms with E-state index in [9.17, 15) is 27.6 Å². The van der Waals surface area contributed by atoms with Crippen LogP contribution in [0.5, 0.6) is 0 Å². The number of aryl methyl sites for hydroxylation is 1. The normalized spacial score (nSPS) is 13.9. The average Bonchev–Trinajstić information content (AvgIpc) is 2.89. The first-order valence-electron chi connectivity index (χ1n) is 11.4. The zero-order valence-corrected chi connectivity index (χ0v) is 19.5. The summed E-state index contributed by atoms with van der Waals surface area (Å²) < 4.78 is 40.0. The van der Waals surface area contributed by atoms with Crippen molar-refractivity contribution in [2.24, 2.45) is 0 Å². The van der Waals surface area contributed by atoms with Crippen LogP contribution in [0.2, 0.25) is 0 Å². The molecule has 3 amide bonds. The second kappa shape index (κ2) is 10.2. The van der Waals surface area contributed by atoms with Crippen LogP contribution in [0.1, 0.15) is 42.2 Å². The molecule has 186 valence electrons. The molecular weight excluding hydrogens is 471 g/mol. The van der Waals surface area contributed by atoms with E-state index < -0.39 is 23.2 Å². The van der Waals surface area contributed by atoms with Gasteiger partial charge in [-0.1, -0.05) is 36.4 Å². The van der Waals surface area contributed by atoms with E-state index in [-0.39, 0.29) is 38.0 Å². The Labute approximate surface area is 206 Å². The van der Waals surface area contributed by atoms with Crippen molar-refractivity contribution in [3.05, 3.63) is 101 Å². The number of alkyl halides is 3. The molecule has 1 saturated heterocycles. The van der Waals surface area contributed by atoms with Gasteiger partial charge in [0, 0.05) is 43.0 Å². The summed E-state index contributed by atoms with van der Waals surface area (Å²) in [4.78, 5) is 41.3. The van der Waals surface area contributed by atoms with Crippen LogP contribution >= 0.6 is 0 Å². The van der Waals surface area contributed by atoms with E-state index in [2.05, 4.69) is 5.32 Å². The van der Waals surface area contributed by atoms with Crippen LogP contribution in [0.15, 0.2) is 72.8 Å². The minimum atomic E-state index is -4.64. The Balaban J connectivity index is 1.43. The molecule has 4 rings (SSSR count). The zero-order valence-electron chi connectivity index (χ0n) is 19.5. The molecule has 1 heterocycles. The molecule has 36 heavy (non-hydrogen) atoms. The van der Waals surface area contributed by atoms with Crippen LogP contribution < -0.4 is 5.32 Å². The van der Waals surface area contributed by atoms with Crippen molar-refractivity contribution < 1.29 is 27.6 Å². The topological polar surface area (TPSA) is 69.7 Å². The van der Waals surface area contributed by atoms with E-state index in [1.54, 1.807) is 47.4 Å². The Bertz CT molecular complexity index is 1280. The molecule has 0 radical (unpaired) electrons. The number of nitrogens with one attached hydrogen (secondary N) is 1. The van der Waals surface area contributed by atoms with E-state index in [0.29, 0.717) is 16.8 Å². The van der Waals surface area contributed by atoms with Gasteiger partial charge in [0.15, 0.2) is 0 Å². The predicted molar refractivity (Wildman–Crippen MR) is 129 cm³/mol. The molecule has 6 nitrogen and oxygen atoms in total. The number of benzene rings is 3. The largest absolute Gasteiger partial charge is 0.417 e. The first-order chi connectivity index (χ1) is 17.1. The van der Waals surface area contributed by atoms with Crippen LogP contribution in [0.4, 0.5) is 18.9 Å². The van der Waals surface area contributed by atoms with Crippen molar-refractivity contribution in [1.82, 2.24) is 9.80 Å². The van der Waals surface area contributed by atoms with Gasteiger partial charge in [0.1, 0.15) is 0 Å². The lowest BCUT2D eigenvalue weighted by Crippen LogP contribution is -2.50. The number of hydrogen-bond acceptors (Lipinski definition) is 3. The Hall–Kier alpha value is -4.14. The molecule has 0 aromatic heterocycles. The van der Waals surface area contributed by atoms with Gasteiger partial charge >= 0.3 is 6.18 Å². The van der Waals surface area contributed by atoms with Crippen LogP contribution in [-0.4, -0.2) is 53.7 Å². The number of amides is 3. The van der Waals surface area contributed by atoms with Crippen molar-refractivity contribution in [3.63, 3.8) is 0 Å². The van der Waals surface area contributed by atoms with Gasteiger partial charge in [0.25, 0.3) is 17.7 Å². The van der Waals surface area contributed by atoms with E-state index in [1.807, 2.05) is 13.0 Å². The molecule has 1 aliphatic rings. The highest BCUT2D eigenvalue weighted by Crippen LogP contribution is 2.32. The second-order valence-corrected chi connectivity index (χ2v) is 8.48. The van der Waals surface area contributed by atoms with Crippen LogP contribution in [0, 0.1) is 6.92 Å². The van der Waals surface area contributed by atoms with Crippen LogP contribution in [-0.2, 0) is 6.18 Å². The van der Waals surface area contributed by atoms with Crippen molar-refractivity contribution in [2.45, 2.75) is 13.1 Å². The maximum absolute atomic E-state index is 13.3. The third kappa shape index (κ3) is 5.40. The maximum atomic E-state index is 13.3. The lowest BCUT2D eigenvalue weighted by Gasteiger charge is -2.35. The maximum Gasteiger partial charge on any atom is 0.417 e. The summed E-state index contributed by atoms with van der Waals surface area (Å²) in [5.74, 6) is -1.29. The van der Waals surface area contributed by atoms with Gasteiger partial charge in [-0.15, -0.1) is 0 Å². The zero-order chi connectivity index (χ0) is 25.9. The summed E-state index contributed by atoms with van der Waals surface area (Å²) in [6, 6.07) is 18.4. The molecular formula is C27H24F3N3O3. The number of carbonyl (C=O) groups excluding carboxylic acids is 3. The van der Waals surface area contributed by atoms with Crippen LogP contribution in [0.25, 0.3) is 0 Å². The van der Waals surface area contributed by atoms with Crippen molar-refractivity contribution >= 4 is 23.4 Å². The molecule has 0 atom stereocenters. The number of rotatable bonds is 4. The summed E-state index contributed by atoms with van der Waals surface area (Å²) in [6.45, 7) is 2.40.